The first-order chi connectivity index (χ1) is 16.5. The van der Waals surface area contributed by atoms with Gasteiger partial charge in [-0.15, -0.1) is 11.8 Å². The van der Waals surface area contributed by atoms with E-state index in [0.717, 1.165) is 40.4 Å². The number of rotatable bonds is 4. The molecule has 0 radical (unpaired) electrons. The van der Waals surface area contributed by atoms with Crippen molar-refractivity contribution in [2.75, 3.05) is 13.1 Å². The summed E-state index contributed by atoms with van der Waals surface area (Å²) < 4.78 is 3.10. The fourth-order valence-corrected chi connectivity index (χ4v) is 7.84. The first kappa shape index (κ1) is 23.4. The van der Waals surface area contributed by atoms with Crippen molar-refractivity contribution in [1.82, 2.24) is 20.2 Å². The Labute approximate surface area is 223 Å². The Balaban J connectivity index is 1.31. The minimum absolute atomic E-state index is 0.601. The SMILES string of the molecule is Clc1ccc(-n2nc(CNN3CCC4(CCCC4)CC3)c3c2-c2ccc(Br)cc2CS3)c(Cl)c1. The number of piperidine rings is 1. The van der Waals surface area contributed by atoms with E-state index in [1.807, 2.05) is 28.6 Å². The van der Waals surface area contributed by atoms with Crippen LogP contribution in [0.5, 0.6) is 0 Å². The second-order valence-corrected chi connectivity index (χ2v) is 12.5. The second-order valence-electron chi connectivity index (χ2n) is 9.75. The fraction of sp³-hybridized carbons (Fsp3) is 0.423. The molecule has 3 aromatic rings. The zero-order valence-electron chi connectivity index (χ0n) is 18.9. The Kier molecular flexibility index (Phi) is 6.50. The third kappa shape index (κ3) is 4.35. The van der Waals surface area contributed by atoms with Gasteiger partial charge in [0.15, 0.2) is 0 Å². The van der Waals surface area contributed by atoms with E-state index in [1.54, 1.807) is 6.07 Å². The Morgan fingerprint density at radius 3 is 2.59 bits per heavy atom. The molecule has 8 heteroatoms. The average Bonchev–Trinajstić information content (AvgIpc) is 3.43. The summed E-state index contributed by atoms with van der Waals surface area (Å²) in [6.45, 7) is 2.96. The van der Waals surface area contributed by atoms with Crippen LogP contribution < -0.4 is 5.43 Å². The van der Waals surface area contributed by atoms with Crippen LogP contribution in [0.3, 0.4) is 0 Å². The van der Waals surface area contributed by atoms with Crippen LogP contribution in [0.4, 0.5) is 0 Å². The first-order valence-corrected chi connectivity index (χ1v) is 14.5. The molecule has 0 amide bonds. The average molecular weight is 578 g/mol. The van der Waals surface area contributed by atoms with Crippen molar-refractivity contribution >= 4 is 50.9 Å². The van der Waals surface area contributed by atoms with E-state index in [9.17, 15) is 0 Å². The third-order valence-corrected chi connectivity index (χ3v) is 9.90. The van der Waals surface area contributed by atoms with E-state index in [0.29, 0.717) is 22.0 Å². The Morgan fingerprint density at radius 2 is 1.82 bits per heavy atom. The standard InChI is InChI=1S/C26H27BrCl2N4S/c27-18-3-5-20-17(13-18)16-34-25-22(15-30-32-11-9-26(10-12-32)7-1-2-8-26)31-33(24(20)25)23-6-4-19(28)14-21(23)29/h3-6,13-14,30H,1-2,7-12,15-16H2. The molecule has 3 aliphatic rings. The molecule has 0 atom stereocenters. The highest BCUT2D eigenvalue weighted by Crippen LogP contribution is 2.47. The number of nitrogens with zero attached hydrogens (tertiary/aromatic N) is 3. The summed E-state index contributed by atoms with van der Waals surface area (Å²) in [7, 11) is 0. The molecule has 2 aliphatic heterocycles. The zero-order valence-corrected chi connectivity index (χ0v) is 22.8. The Bertz CT molecular complexity index is 1230. The van der Waals surface area contributed by atoms with E-state index in [2.05, 4.69) is 44.6 Å². The quantitative estimate of drug-likeness (QED) is 0.342. The van der Waals surface area contributed by atoms with Gasteiger partial charge in [-0.2, -0.15) is 5.10 Å². The summed E-state index contributed by atoms with van der Waals surface area (Å²) in [6, 6.07) is 12.1. The molecule has 1 saturated carbocycles. The number of thioether (sulfide) groups is 1. The highest BCUT2D eigenvalue weighted by Gasteiger charge is 2.37. The molecule has 4 nitrogen and oxygen atoms in total. The molecule has 1 spiro atoms. The number of hydrazine groups is 1. The number of fused-ring (bicyclic) bond motifs is 3. The molecule has 1 saturated heterocycles. The van der Waals surface area contributed by atoms with E-state index in [-0.39, 0.29) is 0 Å². The smallest absolute Gasteiger partial charge is 0.0923 e. The number of hydrogen-bond acceptors (Lipinski definition) is 4. The maximum absolute atomic E-state index is 6.64. The van der Waals surface area contributed by atoms with Gasteiger partial charge < -0.3 is 0 Å². The van der Waals surface area contributed by atoms with Crippen molar-refractivity contribution in [2.24, 2.45) is 5.41 Å². The molecule has 1 aromatic heterocycles. The molecule has 0 bridgehead atoms. The lowest BCUT2D eigenvalue weighted by Crippen LogP contribution is -2.46. The monoisotopic (exact) mass is 576 g/mol. The highest BCUT2D eigenvalue weighted by molar-refractivity contribution is 9.10. The van der Waals surface area contributed by atoms with E-state index in [4.69, 9.17) is 28.3 Å². The van der Waals surface area contributed by atoms with Gasteiger partial charge in [0, 0.05) is 33.9 Å². The summed E-state index contributed by atoms with van der Waals surface area (Å²) in [4.78, 5) is 1.23. The summed E-state index contributed by atoms with van der Waals surface area (Å²) in [5.74, 6) is 0.932. The number of halogens is 3. The largest absolute Gasteiger partial charge is 0.249 e. The normalized spacial score (nSPS) is 19.4. The number of hydrogen-bond donors (Lipinski definition) is 1. The maximum Gasteiger partial charge on any atom is 0.0923 e. The molecule has 1 aliphatic carbocycles. The van der Waals surface area contributed by atoms with E-state index < -0.39 is 0 Å². The van der Waals surface area contributed by atoms with Gasteiger partial charge in [-0.05, 0) is 67.0 Å². The molecule has 6 rings (SSSR count). The first-order valence-electron chi connectivity index (χ1n) is 12.0. The van der Waals surface area contributed by atoms with Crippen molar-refractivity contribution < 1.29 is 0 Å². The number of benzene rings is 2. The minimum Gasteiger partial charge on any atom is -0.249 e. The van der Waals surface area contributed by atoms with Gasteiger partial charge in [-0.25, -0.2) is 15.1 Å². The van der Waals surface area contributed by atoms with Gasteiger partial charge in [0.2, 0.25) is 0 Å². The molecule has 34 heavy (non-hydrogen) atoms. The van der Waals surface area contributed by atoms with Crippen molar-refractivity contribution in [3.63, 3.8) is 0 Å². The molecule has 2 fully saturated rings. The van der Waals surface area contributed by atoms with Crippen molar-refractivity contribution in [3.8, 4) is 16.9 Å². The number of aromatic nitrogens is 2. The van der Waals surface area contributed by atoms with Gasteiger partial charge in [-0.3, -0.25) is 0 Å². The zero-order chi connectivity index (χ0) is 23.3. The van der Waals surface area contributed by atoms with Gasteiger partial charge in [0.1, 0.15) is 0 Å². The van der Waals surface area contributed by atoms with Crippen molar-refractivity contribution in [2.45, 2.75) is 55.7 Å². The summed E-state index contributed by atoms with van der Waals surface area (Å²) in [6.07, 6.45) is 8.30. The van der Waals surface area contributed by atoms with Crippen LogP contribution in [-0.4, -0.2) is 27.9 Å². The van der Waals surface area contributed by atoms with Gasteiger partial charge >= 0.3 is 0 Å². The lowest BCUT2D eigenvalue weighted by Gasteiger charge is -2.39. The summed E-state index contributed by atoms with van der Waals surface area (Å²) in [5, 5.41) is 8.73. The maximum atomic E-state index is 6.64. The molecule has 2 aromatic carbocycles. The molecular weight excluding hydrogens is 551 g/mol. The summed E-state index contributed by atoms with van der Waals surface area (Å²) in [5.41, 5.74) is 9.87. The molecule has 178 valence electrons. The van der Waals surface area contributed by atoms with Gasteiger partial charge in [-0.1, -0.05) is 58.0 Å². The van der Waals surface area contributed by atoms with Crippen LogP contribution in [0.25, 0.3) is 16.9 Å². The fourth-order valence-electron chi connectivity index (χ4n) is 5.79. The predicted octanol–water partition coefficient (Wildman–Crippen LogP) is 7.88. The Morgan fingerprint density at radius 1 is 1.03 bits per heavy atom. The molecule has 1 N–H and O–H groups in total. The lowest BCUT2D eigenvalue weighted by atomic mass is 9.77. The minimum atomic E-state index is 0.601. The van der Waals surface area contributed by atoms with Crippen LogP contribution in [0.2, 0.25) is 10.0 Å². The lowest BCUT2D eigenvalue weighted by molar-refractivity contribution is 0.0672. The van der Waals surface area contributed by atoms with Crippen LogP contribution in [-0.2, 0) is 12.3 Å². The predicted molar refractivity (Wildman–Crippen MR) is 145 cm³/mol. The highest BCUT2D eigenvalue weighted by atomic mass is 79.9. The van der Waals surface area contributed by atoms with E-state index >= 15 is 0 Å². The van der Waals surface area contributed by atoms with Crippen LogP contribution in [0.15, 0.2) is 45.8 Å². The van der Waals surface area contributed by atoms with Crippen molar-refractivity contribution in [1.29, 1.82) is 0 Å². The Hall–Kier alpha value is -1.02. The van der Waals surface area contributed by atoms with Crippen LogP contribution in [0, 0.1) is 5.41 Å². The summed E-state index contributed by atoms with van der Waals surface area (Å²) >= 11 is 18.3. The third-order valence-electron chi connectivity index (χ3n) is 7.70. The van der Waals surface area contributed by atoms with Crippen molar-refractivity contribution in [3.05, 3.63) is 62.2 Å². The van der Waals surface area contributed by atoms with E-state index in [1.165, 1.54) is 54.5 Å². The van der Waals surface area contributed by atoms with Gasteiger partial charge in [0.25, 0.3) is 0 Å². The molecular formula is C26H27BrCl2N4S. The topological polar surface area (TPSA) is 33.1 Å². The van der Waals surface area contributed by atoms with Crippen LogP contribution >= 0.6 is 50.9 Å². The molecule has 3 heterocycles. The number of nitrogens with one attached hydrogen (secondary N) is 1. The second kappa shape index (κ2) is 9.45. The van der Waals surface area contributed by atoms with Crippen LogP contribution in [0.1, 0.15) is 49.8 Å². The van der Waals surface area contributed by atoms with Gasteiger partial charge in [0.05, 0.1) is 33.5 Å². The molecule has 0 unspecified atom stereocenters.